The summed E-state index contributed by atoms with van der Waals surface area (Å²) >= 11 is 1.49. The number of hydrogen-bond acceptors (Lipinski definition) is 5. The van der Waals surface area contributed by atoms with E-state index in [9.17, 15) is 26.4 Å². The van der Waals surface area contributed by atoms with Gasteiger partial charge in [0.05, 0.1) is 27.2 Å². The number of amides is 2. The van der Waals surface area contributed by atoms with Gasteiger partial charge in [0.2, 0.25) is 10.0 Å². The number of nitrogens with zero attached hydrogens (tertiary/aromatic N) is 3. The van der Waals surface area contributed by atoms with Gasteiger partial charge in [0.15, 0.2) is 0 Å². The van der Waals surface area contributed by atoms with E-state index in [1.807, 2.05) is 24.3 Å². The first-order valence-electron chi connectivity index (χ1n) is 9.69. The lowest BCUT2D eigenvalue weighted by Gasteiger charge is -2.34. The topological polar surface area (TPSA) is 82.6 Å². The molecule has 0 aliphatic carbocycles. The SMILES string of the molecule is O=C(NCc1nc2ccccc2s1)N1CCN(S(=O)(=O)c2ccc(C(F)(F)F)cc2)CC1. The van der Waals surface area contributed by atoms with Crippen molar-refractivity contribution in [3.63, 3.8) is 0 Å². The van der Waals surface area contributed by atoms with Crippen LogP contribution in [0.15, 0.2) is 53.4 Å². The molecule has 0 spiro atoms. The van der Waals surface area contributed by atoms with Crippen LogP contribution < -0.4 is 5.32 Å². The van der Waals surface area contributed by atoms with Crippen molar-refractivity contribution < 1.29 is 26.4 Å². The Morgan fingerprint density at radius 1 is 1.03 bits per heavy atom. The third-order valence-electron chi connectivity index (χ3n) is 5.07. The molecule has 1 N–H and O–H groups in total. The maximum absolute atomic E-state index is 12.7. The predicted molar refractivity (Wildman–Crippen MR) is 114 cm³/mol. The Hall–Kier alpha value is -2.70. The summed E-state index contributed by atoms with van der Waals surface area (Å²) in [5.74, 6) is 0. The lowest BCUT2D eigenvalue weighted by atomic mass is 10.2. The number of aromatic nitrogens is 1. The summed E-state index contributed by atoms with van der Waals surface area (Å²) in [4.78, 5) is 18.2. The smallest absolute Gasteiger partial charge is 0.331 e. The highest BCUT2D eigenvalue weighted by molar-refractivity contribution is 7.89. The van der Waals surface area contributed by atoms with Gasteiger partial charge in [-0.1, -0.05) is 12.1 Å². The van der Waals surface area contributed by atoms with Crippen LogP contribution in [0.25, 0.3) is 10.2 Å². The molecule has 170 valence electrons. The van der Waals surface area contributed by atoms with Gasteiger partial charge in [-0.15, -0.1) is 11.3 Å². The van der Waals surface area contributed by atoms with Crippen molar-refractivity contribution in [1.29, 1.82) is 0 Å². The standard InChI is InChI=1S/C20H19F3N4O3S2/c21-20(22,23)14-5-7-15(8-6-14)32(29,30)27-11-9-26(10-12-27)19(28)24-13-18-25-16-3-1-2-4-17(16)31-18/h1-8H,9-13H2,(H,24,28). The molecule has 0 atom stereocenters. The number of benzene rings is 2. The Morgan fingerprint density at radius 2 is 1.69 bits per heavy atom. The van der Waals surface area contributed by atoms with E-state index in [1.54, 1.807) is 0 Å². The summed E-state index contributed by atoms with van der Waals surface area (Å²) < 4.78 is 65.8. The van der Waals surface area contributed by atoms with E-state index >= 15 is 0 Å². The van der Waals surface area contributed by atoms with Crippen LogP contribution in [0.4, 0.5) is 18.0 Å². The van der Waals surface area contributed by atoms with Gasteiger partial charge in [-0.3, -0.25) is 0 Å². The molecule has 4 rings (SSSR count). The molecule has 0 radical (unpaired) electrons. The van der Waals surface area contributed by atoms with Crippen LogP contribution in [0, 0.1) is 0 Å². The number of carbonyl (C=O) groups is 1. The van der Waals surface area contributed by atoms with Crippen LogP contribution in [0.3, 0.4) is 0 Å². The monoisotopic (exact) mass is 484 g/mol. The molecule has 12 heteroatoms. The van der Waals surface area contributed by atoms with E-state index in [0.717, 1.165) is 39.5 Å². The van der Waals surface area contributed by atoms with Crippen LogP contribution in [0.5, 0.6) is 0 Å². The van der Waals surface area contributed by atoms with Crippen LogP contribution in [0.2, 0.25) is 0 Å². The Labute approximate surface area is 186 Å². The molecule has 32 heavy (non-hydrogen) atoms. The number of urea groups is 1. The number of carbonyl (C=O) groups excluding carboxylic acids is 1. The summed E-state index contributed by atoms with van der Waals surface area (Å²) in [7, 11) is -3.94. The third-order valence-corrected chi connectivity index (χ3v) is 8.02. The average molecular weight is 485 g/mol. The molecule has 2 heterocycles. The Bertz CT molecular complexity index is 1190. The number of alkyl halides is 3. The van der Waals surface area contributed by atoms with Gasteiger partial charge >= 0.3 is 12.2 Å². The highest BCUT2D eigenvalue weighted by Crippen LogP contribution is 2.30. The van der Waals surface area contributed by atoms with Crippen molar-refractivity contribution >= 4 is 37.6 Å². The summed E-state index contributed by atoms with van der Waals surface area (Å²) in [5, 5.41) is 3.56. The summed E-state index contributed by atoms with van der Waals surface area (Å²) in [6, 6.07) is 10.7. The maximum Gasteiger partial charge on any atom is 0.416 e. The van der Waals surface area contributed by atoms with Gasteiger partial charge in [0.25, 0.3) is 0 Å². The molecular formula is C20H19F3N4O3S2. The van der Waals surface area contributed by atoms with E-state index in [2.05, 4.69) is 10.3 Å². The first-order chi connectivity index (χ1) is 15.1. The van der Waals surface area contributed by atoms with Crippen molar-refractivity contribution in [2.24, 2.45) is 0 Å². The lowest BCUT2D eigenvalue weighted by Crippen LogP contribution is -2.52. The maximum atomic E-state index is 12.7. The molecule has 7 nitrogen and oxygen atoms in total. The number of sulfonamides is 1. The second-order valence-electron chi connectivity index (χ2n) is 7.15. The molecule has 0 saturated carbocycles. The van der Waals surface area contributed by atoms with Crippen LogP contribution in [-0.4, -0.2) is 54.8 Å². The van der Waals surface area contributed by atoms with Crippen molar-refractivity contribution in [3.8, 4) is 0 Å². The minimum atomic E-state index is -4.54. The summed E-state index contributed by atoms with van der Waals surface area (Å²) in [6.45, 7) is 0.717. The zero-order valence-corrected chi connectivity index (χ0v) is 18.3. The van der Waals surface area contributed by atoms with E-state index in [-0.39, 0.29) is 43.7 Å². The summed E-state index contributed by atoms with van der Waals surface area (Å²) in [5.41, 5.74) is -0.0464. The molecule has 1 aliphatic rings. The van der Waals surface area contributed by atoms with Gasteiger partial charge < -0.3 is 10.2 Å². The van der Waals surface area contributed by atoms with Crippen LogP contribution in [0.1, 0.15) is 10.6 Å². The fourth-order valence-corrected chi connectivity index (χ4v) is 5.68. The van der Waals surface area contributed by atoms with E-state index in [4.69, 9.17) is 0 Å². The third kappa shape index (κ3) is 4.71. The van der Waals surface area contributed by atoms with Gasteiger partial charge in [-0.05, 0) is 36.4 Å². The second-order valence-corrected chi connectivity index (χ2v) is 10.2. The first kappa shape index (κ1) is 22.5. The van der Waals surface area contributed by atoms with Crippen molar-refractivity contribution in [3.05, 3.63) is 59.1 Å². The van der Waals surface area contributed by atoms with Gasteiger partial charge in [0, 0.05) is 26.2 Å². The minimum absolute atomic E-state index is 0.0535. The highest BCUT2D eigenvalue weighted by atomic mass is 32.2. The normalized spacial score (nSPS) is 15.8. The minimum Gasteiger partial charge on any atom is -0.331 e. The van der Waals surface area contributed by atoms with Crippen molar-refractivity contribution in [1.82, 2.24) is 19.5 Å². The van der Waals surface area contributed by atoms with Crippen LogP contribution >= 0.6 is 11.3 Å². The first-order valence-corrected chi connectivity index (χ1v) is 11.9. The van der Waals surface area contributed by atoms with Crippen molar-refractivity contribution in [2.75, 3.05) is 26.2 Å². The Morgan fingerprint density at radius 3 is 2.31 bits per heavy atom. The predicted octanol–water partition coefficient (Wildman–Crippen LogP) is 3.53. The van der Waals surface area contributed by atoms with Gasteiger partial charge in [0.1, 0.15) is 5.01 Å². The average Bonchev–Trinajstić information content (AvgIpc) is 3.20. The second kappa shape index (κ2) is 8.68. The number of halogens is 3. The molecule has 1 aromatic heterocycles. The number of hydrogen-bond donors (Lipinski definition) is 1. The number of nitrogens with one attached hydrogen (secondary N) is 1. The largest absolute Gasteiger partial charge is 0.416 e. The molecule has 0 unspecified atom stereocenters. The molecule has 1 saturated heterocycles. The lowest BCUT2D eigenvalue weighted by molar-refractivity contribution is -0.137. The molecule has 1 aliphatic heterocycles. The highest BCUT2D eigenvalue weighted by Gasteiger charge is 2.33. The summed E-state index contributed by atoms with van der Waals surface area (Å²) in [6.07, 6.45) is -4.54. The molecule has 0 bridgehead atoms. The van der Waals surface area contributed by atoms with Crippen LogP contribution in [-0.2, 0) is 22.7 Å². The van der Waals surface area contributed by atoms with Gasteiger partial charge in [-0.2, -0.15) is 17.5 Å². The van der Waals surface area contributed by atoms with Gasteiger partial charge in [-0.25, -0.2) is 18.2 Å². The molecule has 1 fully saturated rings. The zero-order chi connectivity index (χ0) is 22.9. The quantitative estimate of drug-likeness (QED) is 0.614. The Kier molecular flexibility index (Phi) is 6.10. The zero-order valence-electron chi connectivity index (χ0n) is 16.7. The Balaban J connectivity index is 1.33. The van der Waals surface area contributed by atoms with Crippen molar-refractivity contribution in [2.45, 2.75) is 17.6 Å². The molecular weight excluding hydrogens is 465 g/mol. The fourth-order valence-electron chi connectivity index (χ4n) is 3.36. The van der Waals surface area contributed by atoms with E-state index in [1.165, 1.54) is 20.5 Å². The molecule has 2 aromatic carbocycles. The van der Waals surface area contributed by atoms with E-state index < -0.39 is 21.8 Å². The number of para-hydroxylation sites is 1. The van der Waals surface area contributed by atoms with E-state index in [0.29, 0.717) is 0 Å². The number of thiazole rings is 1. The molecule has 2 amide bonds. The fraction of sp³-hybridized carbons (Fsp3) is 0.300. The number of piperazine rings is 1. The molecule has 3 aromatic rings. The number of fused-ring (bicyclic) bond motifs is 1. The number of rotatable bonds is 4.